The molecule has 1 amide bonds. The Morgan fingerprint density at radius 3 is 2.35 bits per heavy atom. The highest BCUT2D eigenvalue weighted by atomic mass is 16.3. The van der Waals surface area contributed by atoms with Crippen molar-refractivity contribution in [3.8, 4) is 0 Å². The van der Waals surface area contributed by atoms with Gasteiger partial charge in [0.2, 0.25) is 5.91 Å². The van der Waals surface area contributed by atoms with E-state index in [9.17, 15) is 9.90 Å². The maximum absolute atomic E-state index is 12.2. The van der Waals surface area contributed by atoms with Gasteiger partial charge in [0.25, 0.3) is 0 Å². The van der Waals surface area contributed by atoms with Crippen LogP contribution in [-0.4, -0.2) is 35.1 Å². The molecule has 0 aromatic carbocycles. The maximum Gasteiger partial charge on any atom is 0.225 e. The van der Waals surface area contributed by atoms with Crippen LogP contribution in [0.2, 0.25) is 0 Å². The molecular weight excluding hydrogens is 214 g/mol. The Morgan fingerprint density at radius 1 is 1.24 bits per heavy atom. The average Bonchev–Trinajstić information content (AvgIpc) is 2.91. The molecule has 2 rings (SSSR count). The second-order valence-corrected chi connectivity index (χ2v) is 5.62. The minimum Gasteiger partial charge on any atom is -0.393 e. The Balaban J connectivity index is 1.80. The number of likely N-dealkylation sites (tertiary alicyclic amines) is 1. The van der Waals surface area contributed by atoms with Crippen molar-refractivity contribution in [3.05, 3.63) is 0 Å². The third kappa shape index (κ3) is 3.01. The molecule has 3 heteroatoms. The van der Waals surface area contributed by atoms with Crippen LogP contribution in [0.15, 0.2) is 0 Å². The van der Waals surface area contributed by atoms with Crippen LogP contribution in [0.25, 0.3) is 0 Å². The number of carbonyl (C=O) groups is 1. The van der Waals surface area contributed by atoms with E-state index in [4.69, 9.17) is 0 Å². The van der Waals surface area contributed by atoms with Gasteiger partial charge in [-0.05, 0) is 38.0 Å². The molecule has 1 heterocycles. The summed E-state index contributed by atoms with van der Waals surface area (Å²) >= 11 is 0. The zero-order valence-electron chi connectivity index (χ0n) is 10.9. The zero-order valence-corrected chi connectivity index (χ0v) is 10.9. The number of hydrogen-bond donors (Lipinski definition) is 1. The molecule has 3 nitrogen and oxygen atoms in total. The number of aliphatic hydroxyl groups excluding tert-OH is 1. The summed E-state index contributed by atoms with van der Waals surface area (Å²) in [6.07, 6.45) is 7.26. The highest BCUT2D eigenvalue weighted by molar-refractivity contribution is 5.79. The first kappa shape index (κ1) is 12.9. The first-order chi connectivity index (χ1) is 8.22. The number of nitrogens with zero attached hydrogens (tertiary/aromatic N) is 1. The molecule has 17 heavy (non-hydrogen) atoms. The van der Waals surface area contributed by atoms with E-state index in [-0.39, 0.29) is 6.10 Å². The SMILES string of the molecule is CCC(O)C1CCN(C(=O)C2CCCC2)CC1. The van der Waals surface area contributed by atoms with Gasteiger partial charge in [-0.25, -0.2) is 0 Å². The van der Waals surface area contributed by atoms with E-state index < -0.39 is 0 Å². The molecule has 1 aliphatic carbocycles. The number of rotatable bonds is 3. The van der Waals surface area contributed by atoms with Crippen LogP contribution in [0.1, 0.15) is 51.9 Å². The van der Waals surface area contributed by atoms with E-state index in [1.165, 1.54) is 12.8 Å². The van der Waals surface area contributed by atoms with Crippen molar-refractivity contribution < 1.29 is 9.90 Å². The van der Waals surface area contributed by atoms with Crippen LogP contribution in [-0.2, 0) is 4.79 Å². The van der Waals surface area contributed by atoms with E-state index in [0.717, 1.165) is 45.2 Å². The summed E-state index contributed by atoms with van der Waals surface area (Å²) in [5.41, 5.74) is 0. The Labute approximate surface area is 104 Å². The van der Waals surface area contributed by atoms with E-state index in [1.807, 2.05) is 11.8 Å². The lowest BCUT2D eigenvalue weighted by Crippen LogP contribution is -2.43. The Bertz CT molecular complexity index is 253. The van der Waals surface area contributed by atoms with Crippen LogP contribution in [0, 0.1) is 11.8 Å². The lowest BCUT2D eigenvalue weighted by atomic mass is 9.89. The summed E-state index contributed by atoms with van der Waals surface area (Å²) in [5.74, 6) is 1.10. The van der Waals surface area contributed by atoms with Gasteiger partial charge < -0.3 is 10.0 Å². The van der Waals surface area contributed by atoms with Crippen molar-refractivity contribution in [1.29, 1.82) is 0 Å². The van der Waals surface area contributed by atoms with E-state index in [2.05, 4.69) is 0 Å². The summed E-state index contributed by atoms with van der Waals surface area (Å²) in [6, 6.07) is 0. The topological polar surface area (TPSA) is 40.5 Å². The van der Waals surface area contributed by atoms with E-state index in [1.54, 1.807) is 0 Å². The fourth-order valence-electron chi connectivity index (χ4n) is 3.27. The molecule has 0 radical (unpaired) electrons. The molecule has 98 valence electrons. The lowest BCUT2D eigenvalue weighted by Gasteiger charge is -2.35. The molecule has 0 spiro atoms. The molecule has 0 aromatic rings. The number of aliphatic hydroxyl groups is 1. The van der Waals surface area contributed by atoms with E-state index in [0.29, 0.717) is 17.7 Å². The predicted molar refractivity (Wildman–Crippen MR) is 67.6 cm³/mol. The smallest absolute Gasteiger partial charge is 0.225 e. The quantitative estimate of drug-likeness (QED) is 0.820. The largest absolute Gasteiger partial charge is 0.393 e. The molecule has 1 N–H and O–H groups in total. The summed E-state index contributed by atoms with van der Waals surface area (Å²) in [5, 5.41) is 9.82. The first-order valence-electron chi connectivity index (χ1n) is 7.19. The van der Waals surface area contributed by atoms with Crippen LogP contribution in [0.5, 0.6) is 0 Å². The Kier molecular flexibility index (Phi) is 4.43. The minimum absolute atomic E-state index is 0.168. The molecule has 0 aromatic heterocycles. The number of hydrogen-bond acceptors (Lipinski definition) is 2. The van der Waals surface area contributed by atoms with Gasteiger partial charge in [0, 0.05) is 19.0 Å². The summed E-state index contributed by atoms with van der Waals surface area (Å²) in [6.45, 7) is 3.74. The molecule has 2 aliphatic rings. The molecule has 2 fully saturated rings. The lowest BCUT2D eigenvalue weighted by molar-refractivity contribution is -0.137. The maximum atomic E-state index is 12.2. The summed E-state index contributed by atoms with van der Waals surface area (Å²) < 4.78 is 0. The fourth-order valence-corrected chi connectivity index (χ4v) is 3.27. The van der Waals surface area contributed by atoms with Crippen molar-refractivity contribution in [1.82, 2.24) is 4.90 Å². The van der Waals surface area contributed by atoms with E-state index >= 15 is 0 Å². The monoisotopic (exact) mass is 239 g/mol. The van der Waals surface area contributed by atoms with Crippen molar-refractivity contribution in [2.75, 3.05) is 13.1 Å². The highest BCUT2D eigenvalue weighted by Crippen LogP contribution is 2.29. The number of amides is 1. The standard InChI is InChI=1S/C14H25NO2/c1-2-13(16)11-7-9-15(10-8-11)14(17)12-5-3-4-6-12/h11-13,16H,2-10H2,1H3. The Hall–Kier alpha value is -0.570. The van der Waals surface area contributed by atoms with Crippen LogP contribution >= 0.6 is 0 Å². The summed E-state index contributed by atoms with van der Waals surface area (Å²) in [4.78, 5) is 14.2. The van der Waals surface area contributed by atoms with Crippen LogP contribution in [0.3, 0.4) is 0 Å². The number of piperidine rings is 1. The molecule has 1 saturated carbocycles. The normalized spacial score (nSPS) is 25.2. The van der Waals surface area contributed by atoms with Crippen molar-refractivity contribution in [3.63, 3.8) is 0 Å². The molecular formula is C14H25NO2. The average molecular weight is 239 g/mol. The molecule has 1 atom stereocenters. The second-order valence-electron chi connectivity index (χ2n) is 5.62. The van der Waals surface area contributed by atoms with Gasteiger partial charge in [-0.2, -0.15) is 0 Å². The molecule has 1 unspecified atom stereocenters. The van der Waals surface area contributed by atoms with Gasteiger partial charge in [0.15, 0.2) is 0 Å². The molecule has 0 bridgehead atoms. The Morgan fingerprint density at radius 2 is 1.82 bits per heavy atom. The fraction of sp³-hybridized carbons (Fsp3) is 0.929. The third-order valence-electron chi connectivity index (χ3n) is 4.52. The highest BCUT2D eigenvalue weighted by Gasteiger charge is 2.31. The summed E-state index contributed by atoms with van der Waals surface area (Å²) in [7, 11) is 0. The predicted octanol–water partition coefficient (Wildman–Crippen LogP) is 2.19. The molecule has 1 aliphatic heterocycles. The van der Waals surface area contributed by atoms with Gasteiger partial charge >= 0.3 is 0 Å². The van der Waals surface area contributed by atoms with Gasteiger partial charge in [0.05, 0.1) is 6.10 Å². The second kappa shape index (κ2) is 5.85. The van der Waals surface area contributed by atoms with Crippen LogP contribution < -0.4 is 0 Å². The first-order valence-corrected chi connectivity index (χ1v) is 7.19. The van der Waals surface area contributed by atoms with Gasteiger partial charge in [-0.1, -0.05) is 19.8 Å². The van der Waals surface area contributed by atoms with Gasteiger partial charge in [-0.3, -0.25) is 4.79 Å². The van der Waals surface area contributed by atoms with Crippen LogP contribution in [0.4, 0.5) is 0 Å². The van der Waals surface area contributed by atoms with Crippen molar-refractivity contribution in [2.24, 2.45) is 11.8 Å². The minimum atomic E-state index is -0.168. The number of carbonyl (C=O) groups excluding carboxylic acids is 1. The van der Waals surface area contributed by atoms with Gasteiger partial charge in [0.1, 0.15) is 0 Å². The van der Waals surface area contributed by atoms with Gasteiger partial charge in [-0.15, -0.1) is 0 Å². The third-order valence-corrected chi connectivity index (χ3v) is 4.52. The molecule has 1 saturated heterocycles. The van der Waals surface area contributed by atoms with Crippen molar-refractivity contribution >= 4 is 5.91 Å². The van der Waals surface area contributed by atoms with Crippen molar-refractivity contribution in [2.45, 2.75) is 58.0 Å². The zero-order chi connectivity index (χ0) is 12.3.